The normalized spacial score (nSPS) is 12.2. The second kappa shape index (κ2) is 8.83. The van der Waals surface area contributed by atoms with Gasteiger partial charge in [-0.05, 0) is 56.1 Å². The second-order valence-electron chi connectivity index (χ2n) is 5.81. The minimum atomic E-state index is 0.0614. The number of methoxy groups -OCH3 is 1. The number of nitrogens with zero attached hydrogens (tertiary/aromatic N) is 1. The standard InChI is InChI=1S/C19H23ClN2O2/c1-22(2)18(14-4-8-16(20)9-5-14)12-21-13-19(23)15-6-10-17(24-3)11-7-15/h4-11,18,21H,12-13H2,1-3H3. The van der Waals surface area contributed by atoms with Gasteiger partial charge in [0.1, 0.15) is 5.75 Å². The number of ketones is 1. The molecule has 0 aliphatic rings. The van der Waals surface area contributed by atoms with Crippen LogP contribution in [0.15, 0.2) is 48.5 Å². The molecule has 0 saturated heterocycles. The molecular weight excluding hydrogens is 324 g/mol. The summed E-state index contributed by atoms with van der Waals surface area (Å²) in [6.07, 6.45) is 0. The predicted octanol–water partition coefficient (Wildman–Crippen LogP) is 3.42. The maximum absolute atomic E-state index is 12.2. The van der Waals surface area contributed by atoms with Crippen LogP contribution in [0.1, 0.15) is 22.0 Å². The quantitative estimate of drug-likeness (QED) is 0.744. The van der Waals surface area contributed by atoms with Crippen molar-refractivity contribution < 1.29 is 9.53 Å². The number of carbonyl (C=O) groups is 1. The van der Waals surface area contributed by atoms with E-state index in [1.807, 2.05) is 38.4 Å². The second-order valence-corrected chi connectivity index (χ2v) is 6.25. The van der Waals surface area contributed by atoms with Crippen LogP contribution in [0, 0.1) is 0 Å². The summed E-state index contributed by atoms with van der Waals surface area (Å²) >= 11 is 5.95. The maximum Gasteiger partial charge on any atom is 0.176 e. The molecule has 0 heterocycles. The summed E-state index contributed by atoms with van der Waals surface area (Å²) in [7, 11) is 5.65. The van der Waals surface area contributed by atoms with E-state index in [1.54, 1.807) is 31.4 Å². The first-order valence-corrected chi connectivity index (χ1v) is 8.19. The van der Waals surface area contributed by atoms with Crippen LogP contribution in [0.25, 0.3) is 0 Å². The molecule has 1 atom stereocenters. The molecule has 0 spiro atoms. The molecule has 0 bridgehead atoms. The van der Waals surface area contributed by atoms with Gasteiger partial charge in [-0.2, -0.15) is 0 Å². The molecule has 0 aliphatic heterocycles. The van der Waals surface area contributed by atoms with Crippen LogP contribution < -0.4 is 10.1 Å². The fourth-order valence-electron chi connectivity index (χ4n) is 2.48. The lowest BCUT2D eigenvalue weighted by atomic mass is 10.1. The Morgan fingerprint density at radius 1 is 1.12 bits per heavy atom. The van der Waals surface area contributed by atoms with Gasteiger partial charge in [0.2, 0.25) is 0 Å². The summed E-state index contributed by atoms with van der Waals surface area (Å²) < 4.78 is 5.10. The highest BCUT2D eigenvalue weighted by Crippen LogP contribution is 2.19. The van der Waals surface area contributed by atoms with Gasteiger partial charge < -0.3 is 15.0 Å². The number of Topliss-reactive ketones (excluding diaryl/α,β-unsaturated/α-hetero) is 1. The Morgan fingerprint density at radius 3 is 2.29 bits per heavy atom. The third-order valence-corrected chi connectivity index (χ3v) is 4.17. The van der Waals surface area contributed by atoms with Gasteiger partial charge in [0.15, 0.2) is 5.78 Å². The van der Waals surface area contributed by atoms with Gasteiger partial charge in [-0.15, -0.1) is 0 Å². The van der Waals surface area contributed by atoms with Gasteiger partial charge in [0, 0.05) is 23.2 Å². The Balaban J connectivity index is 1.92. The van der Waals surface area contributed by atoms with Crippen LogP contribution in [0.2, 0.25) is 5.02 Å². The molecule has 1 unspecified atom stereocenters. The van der Waals surface area contributed by atoms with Crippen LogP contribution >= 0.6 is 11.6 Å². The van der Waals surface area contributed by atoms with Crippen molar-refractivity contribution in [3.8, 4) is 5.75 Å². The molecule has 4 nitrogen and oxygen atoms in total. The Labute approximate surface area is 148 Å². The summed E-state index contributed by atoms with van der Waals surface area (Å²) in [4.78, 5) is 14.4. The summed E-state index contributed by atoms with van der Waals surface area (Å²) in [5, 5.41) is 3.97. The minimum Gasteiger partial charge on any atom is -0.497 e. The third kappa shape index (κ3) is 5.06. The van der Waals surface area contributed by atoms with Crippen molar-refractivity contribution in [2.45, 2.75) is 6.04 Å². The van der Waals surface area contributed by atoms with Crippen LogP contribution in [0.5, 0.6) is 5.75 Å². The molecule has 0 amide bonds. The topological polar surface area (TPSA) is 41.6 Å². The molecule has 2 aromatic carbocycles. The van der Waals surface area contributed by atoms with Crippen molar-refractivity contribution in [3.05, 3.63) is 64.7 Å². The molecule has 0 fully saturated rings. The number of hydrogen-bond donors (Lipinski definition) is 1. The lowest BCUT2D eigenvalue weighted by Crippen LogP contribution is -2.33. The van der Waals surface area contributed by atoms with Crippen LogP contribution in [0.4, 0.5) is 0 Å². The van der Waals surface area contributed by atoms with Gasteiger partial charge in [-0.25, -0.2) is 0 Å². The van der Waals surface area contributed by atoms with Crippen molar-refractivity contribution in [3.63, 3.8) is 0 Å². The molecule has 0 aromatic heterocycles. The van der Waals surface area contributed by atoms with E-state index in [2.05, 4.69) is 10.2 Å². The fraction of sp³-hybridized carbons (Fsp3) is 0.316. The van der Waals surface area contributed by atoms with Gasteiger partial charge >= 0.3 is 0 Å². The largest absolute Gasteiger partial charge is 0.497 e. The van der Waals surface area contributed by atoms with Crippen LogP contribution in [-0.2, 0) is 0 Å². The molecule has 2 aromatic rings. The SMILES string of the molecule is COc1ccc(C(=O)CNCC(c2ccc(Cl)cc2)N(C)C)cc1. The van der Waals surface area contributed by atoms with E-state index >= 15 is 0 Å². The Bertz CT molecular complexity index is 654. The van der Waals surface area contributed by atoms with Gasteiger partial charge in [0.05, 0.1) is 13.7 Å². The smallest absolute Gasteiger partial charge is 0.176 e. The molecular formula is C19H23ClN2O2. The van der Waals surface area contributed by atoms with Crippen molar-refractivity contribution >= 4 is 17.4 Å². The lowest BCUT2D eigenvalue weighted by Gasteiger charge is -2.25. The highest BCUT2D eigenvalue weighted by Gasteiger charge is 2.14. The van der Waals surface area contributed by atoms with Crippen molar-refractivity contribution in [1.29, 1.82) is 0 Å². The van der Waals surface area contributed by atoms with Crippen molar-refractivity contribution in [2.24, 2.45) is 0 Å². The number of nitrogens with one attached hydrogen (secondary N) is 1. The fourth-order valence-corrected chi connectivity index (χ4v) is 2.61. The summed E-state index contributed by atoms with van der Waals surface area (Å²) in [5.74, 6) is 0.807. The molecule has 2 rings (SSSR count). The first-order chi connectivity index (χ1) is 11.5. The lowest BCUT2D eigenvalue weighted by molar-refractivity contribution is 0.0988. The number of carbonyl (C=O) groups excluding carboxylic acids is 1. The zero-order valence-electron chi connectivity index (χ0n) is 14.3. The molecule has 0 aliphatic carbocycles. The molecule has 1 N–H and O–H groups in total. The van der Waals surface area contributed by atoms with Crippen molar-refractivity contribution in [2.75, 3.05) is 34.3 Å². The van der Waals surface area contributed by atoms with Gasteiger partial charge in [-0.3, -0.25) is 4.79 Å². The van der Waals surface area contributed by atoms with Gasteiger partial charge in [0.25, 0.3) is 0 Å². The number of rotatable bonds is 8. The summed E-state index contributed by atoms with van der Waals surface area (Å²) in [6, 6.07) is 15.1. The number of hydrogen-bond acceptors (Lipinski definition) is 4. The predicted molar refractivity (Wildman–Crippen MR) is 98.1 cm³/mol. The number of ether oxygens (including phenoxy) is 1. The van der Waals surface area contributed by atoms with E-state index in [0.29, 0.717) is 18.7 Å². The Morgan fingerprint density at radius 2 is 1.75 bits per heavy atom. The van der Waals surface area contributed by atoms with E-state index in [1.165, 1.54) is 0 Å². The molecule has 0 saturated carbocycles. The van der Waals surface area contributed by atoms with Crippen LogP contribution in [0.3, 0.4) is 0 Å². The zero-order valence-corrected chi connectivity index (χ0v) is 15.0. The summed E-state index contributed by atoms with van der Waals surface area (Å²) in [6.45, 7) is 0.973. The van der Waals surface area contributed by atoms with Crippen molar-refractivity contribution in [1.82, 2.24) is 10.2 Å². The number of benzene rings is 2. The molecule has 0 radical (unpaired) electrons. The number of halogens is 1. The number of likely N-dealkylation sites (N-methyl/N-ethyl adjacent to an activating group) is 1. The Kier molecular flexibility index (Phi) is 6.79. The first kappa shape index (κ1) is 18.5. The highest BCUT2D eigenvalue weighted by molar-refractivity contribution is 6.30. The maximum atomic E-state index is 12.2. The van der Waals surface area contributed by atoms with Crippen LogP contribution in [-0.4, -0.2) is 45.0 Å². The monoisotopic (exact) mass is 346 g/mol. The average Bonchev–Trinajstić information content (AvgIpc) is 2.59. The van der Waals surface area contributed by atoms with E-state index in [0.717, 1.165) is 16.3 Å². The van der Waals surface area contributed by atoms with E-state index < -0.39 is 0 Å². The molecule has 5 heteroatoms. The highest BCUT2D eigenvalue weighted by atomic mass is 35.5. The van der Waals surface area contributed by atoms with E-state index in [-0.39, 0.29) is 11.8 Å². The first-order valence-electron chi connectivity index (χ1n) is 7.81. The third-order valence-electron chi connectivity index (χ3n) is 3.91. The minimum absolute atomic E-state index is 0.0614. The van der Waals surface area contributed by atoms with E-state index in [4.69, 9.17) is 16.3 Å². The Hall–Kier alpha value is -1.88. The average molecular weight is 347 g/mol. The van der Waals surface area contributed by atoms with Gasteiger partial charge in [-0.1, -0.05) is 23.7 Å². The molecule has 128 valence electrons. The van der Waals surface area contributed by atoms with E-state index in [9.17, 15) is 4.79 Å². The summed E-state index contributed by atoms with van der Waals surface area (Å²) in [5.41, 5.74) is 1.84. The zero-order chi connectivity index (χ0) is 17.5. The molecule has 24 heavy (non-hydrogen) atoms.